The van der Waals surface area contributed by atoms with Crippen LogP contribution in [0.1, 0.15) is 52.4 Å². The number of carboxylic acids is 1. The molecule has 0 aromatic heterocycles. The molecule has 0 aliphatic heterocycles. The van der Waals surface area contributed by atoms with Gasteiger partial charge in [-0.3, -0.25) is 10.1 Å². The van der Waals surface area contributed by atoms with Gasteiger partial charge in [0.1, 0.15) is 5.54 Å². The zero-order valence-electron chi connectivity index (χ0n) is 11.2. The minimum absolute atomic E-state index is 0.152. The molecule has 0 radical (unpaired) electrons. The summed E-state index contributed by atoms with van der Waals surface area (Å²) in [6, 6.07) is 0.168. The van der Waals surface area contributed by atoms with Gasteiger partial charge in [0.15, 0.2) is 0 Å². The second kappa shape index (κ2) is 6.36. The summed E-state index contributed by atoms with van der Waals surface area (Å²) >= 11 is 0. The lowest BCUT2D eigenvalue weighted by atomic mass is 9.88. The molecule has 1 rings (SSSR count). The molecule has 1 saturated carbocycles. The quantitative estimate of drug-likeness (QED) is 0.750. The molecule has 17 heavy (non-hydrogen) atoms. The summed E-state index contributed by atoms with van der Waals surface area (Å²) in [4.78, 5) is 11.4. The Morgan fingerprint density at radius 1 is 1.47 bits per heavy atom. The van der Waals surface area contributed by atoms with Crippen molar-refractivity contribution in [3.8, 4) is 0 Å². The van der Waals surface area contributed by atoms with E-state index < -0.39 is 11.5 Å². The van der Waals surface area contributed by atoms with Gasteiger partial charge in [0.05, 0.1) is 6.10 Å². The zero-order chi connectivity index (χ0) is 12.9. The molecule has 0 heterocycles. The number of hydrogen-bond acceptors (Lipinski definition) is 3. The van der Waals surface area contributed by atoms with Gasteiger partial charge in [-0.05, 0) is 26.2 Å². The van der Waals surface area contributed by atoms with E-state index in [1.54, 1.807) is 14.0 Å². The molecular formula is C13H25NO3. The molecule has 3 atom stereocenters. The Balaban J connectivity index is 2.67. The molecule has 0 amide bonds. The van der Waals surface area contributed by atoms with Crippen molar-refractivity contribution in [3.05, 3.63) is 0 Å². The Morgan fingerprint density at radius 3 is 2.65 bits per heavy atom. The number of aliphatic carboxylic acids is 1. The number of methoxy groups -OCH3 is 1. The Labute approximate surface area is 104 Å². The van der Waals surface area contributed by atoms with Crippen LogP contribution < -0.4 is 5.32 Å². The fourth-order valence-electron chi connectivity index (χ4n) is 2.69. The van der Waals surface area contributed by atoms with E-state index in [4.69, 9.17) is 4.74 Å². The van der Waals surface area contributed by atoms with Crippen LogP contribution in [0.4, 0.5) is 0 Å². The Hall–Kier alpha value is -0.610. The molecule has 0 bridgehead atoms. The number of rotatable bonds is 6. The first-order chi connectivity index (χ1) is 8.03. The average molecular weight is 243 g/mol. The van der Waals surface area contributed by atoms with Gasteiger partial charge in [0.25, 0.3) is 0 Å². The van der Waals surface area contributed by atoms with Crippen LogP contribution in [0.3, 0.4) is 0 Å². The Morgan fingerprint density at radius 2 is 2.12 bits per heavy atom. The predicted octanol–water partition coefficient (Wildman–Crippen LogP) is 2.18. The summed E-state index contributed by atoms with van der Waals surface area (Å²) < 4.78 is 5.45. The van der Waals surface area contributed by atoms with Crippen LogP contribution in [0.15, 0.2) is 0 Å². The normalized spacial score (nSPS) is 28.6. The molecule has 100 valence electrons. The van der Waals surface area contributed by atoms with Crippen molar-refractivity contribution < 1.29 is 14.6 Å². The topological polar surface area (TPSA) is 58.6 Å². The fraction of sp³-hybridized carbons (Fsp3) is 0.923. The second-order valence-corrected chi connectivity index (χ2v) is 5.20. The Kier molecular flexibility index (Phi) is 5.40. The number of carboxylic acid groups (broad SMARTS) is 1. The number of ether oxygens (including phenoxy) is 1. The minimum Gasteiger partial charge on any atom is -0.480 e. The molecule has 1 aliphatic carbocycles. The average Bonchev–Trinajstić information content (AvgIpc) is 2.30. The van der Waals surface area contributed by atoms with Gasteiger partial charge in [-0.25, -0.2) is 0 Å². The van der Waals surface area contributed by atoms with Crippen molar-refractivity contribution in [3.63, 3.8) is 0 Å². The zero-order valence-corrected chi connectivity index (χ0v) is 11.2. The van der Waals surface area contributed by atoms with Gasteiger partial charge >= 0.3 is 5.97 Å². The molecule has 1 aliphatic rings. The number of nitrogens with one attached hydrogen (secondary N) is 1. The van der Waals surface area contributed by atoms with Crippen molar-refractivity contribution in [2.75, 3.05) is 7.11 Å². The van der Waals surface area contributed by atoms with Gasteiger partial charge < -0.3 is 9.84 Å². The molecule has 4 heteroatoms. The van der Waals surface area contributed by atoms with Gasteiger partial charge in [-0.15, -0.1) is 0 Å². The van der Waals surface area contributed by atoms with Crippen molar-refractivity contribution >= 4 is 5.97 Å². The van der Waals surface area contributed by atoms with E-state index in [1.807, 2.05) is 6.92 Å². The highest BCUT2D eigenvalue weighted by Gasteiger charge is 2.37. The minimum atomic E-state index is -0.826. The predicted molar refractivity (Wildman–Crippen MR) is 67.1 cm³/mol. The maximum Gasteiger partial charge on any atom is 0.323 e. The number of hydrogen-bond donors (Lipinski definition) is 2. The van der Waals surface area contributed by atoms with Crippen molar-refractivity contribution in [2.24, 2.45) is 0 Å². The lowest BCUT2D eigenvalue weighted by Gasteiger charge is -2.37. The van der Waals surface area contributed by atoms with Crippen molar-refractivity contribution in [2.45, 2.75) is 70.1 Å². The molecule has 0 spiro atoms. The van der Waals surface area contributed by atoms with E-state index in [0.717, 1.165) is 25.7 Å². The molecular weight excluding hydrogens is 218 g/mol. The highest BCUT2D eigenvalue weighted by atomic mass is 16.5. The highest BCUT2D eigenvalue weighted by Crippen LogP contribution is 2.24. The lowest BCUT2D eigenvalue weighted by Crippen LogP contribution is -2.58. The van der Waals surface area contributed by atoms with Crippen molar-refractivity contribution in [1.82, 2.24) is 5.32 Å². The van der Waals surface area contributed by atoms with E-state index >= 15 is 0 Å². The van der Waals surface area contributed by atoms with Crippen LogP contribution in [-0.4, -0.2) is 35.9 Å². The van der Waals surface area contributed by atoms with Crippen LogP contribution in [0, 0.1) is 0 Å². The Bertz CT molecular complexity index is 257. The van der Waals surface area contributed by atoms with E-state index in [2.05, 4.69) is 5.32 Å². The summed E-state index contributed by atoms with van der Waals surface area (Å²) in [5.74, 6) is -0.764. The first-order valence-electron chi connectivity index (χ1n) is 6.57. The molecule has 3 unspecified atom stereocenters. The van der Waals surface area contributed by atoms with E-state index in [-0.39, 0.29) is 12.1 Å². The van der Waals surface area contributed by atoms with Gasteiger partial charge in [0.2, 0.25) is 0 Å². The third kappa shape index (κ3) is 3.68. The summed E-state index contributed by atoms with van der Waals surface area (Å²) in [5, 5.41) is 12.7. The third-order valence-electron chi connectivity index (χ3n) is 3.73. The monoisotopic (exact) mass is 243 g/mol. The highest BCUT2D eigenvalue weighted by molar-refractivity contribution is 5.78. The molecule has 1 fully saturated rings. The van der Waals surface area contributed by atoms with Gasteiger partial charge in [-0.2, -0.15) is 0 Å². The lowest BCUT2D eigenvalue weighted by molar-refractivity contribution is -0.145. The van der Waals surface area contributed by atoms with Crippen LogP contribution >= 0.6 is 0 Å². The summed E-state index contributed by atoms with van der Waals surface area (Å²) in [5.41, 5.74) is -0.826. The maximum absolute atomic E-state index is 11.4. The summed E-state index contributed by atoms with van der Waals surface area (Å²) in [7, 11) is 1.71. The van der Waals surface area contributed by atoms with Crippen molar-refractivity contribution in [1.29, 1.82) is 0 Å². The van der Waals surface area contributed by atoms with E-state index in [0.29, 0.717) is 6.42 Å². The van der Waals surface area contributed by atoms with E-state index in [9.17, 15) is 9.90 Å². The van der Waals surface area contributed by atoms with Crippen LogP contribution in [-0.2, 0) is 9.53 Å². The van der Waals surface area contributed by atoms with Gasteiger partial charge in [-0.1, -0.05) is 26.2 Å². The van der Waals surface area contributed by atoms with Crippen LogP contribution in [0.5, 0.6) is 0 Å². The number of carbonyl (C=O) groups is 1. The second-order valence-electron chi connectivity index (χ2n) is 5.20. The molecule has 4 nitrogen and oxygen atoms in total. The largest absolute Gasteiger partial charge is 0.480 e. The standard InChI is InChI=1S/C13H25NO3/c1-4-9-13(2,12(15)16)14-10-7-5-6-8-11(10)17-3/h10-11,14H,4-9H2,1-3H3,(H,15,16). The molecule has 0 saturated heterocycles. The molecule has 2 N–H and O–H groups in total. The third-order valence-corrected chi connectivity index (χ3v) is 3.73. The van der Waals surface area contributed by atoms with E-state index in [1.165, 1.54) is 6.42 Å². The fourth-order valence-corrected chi connectivity index (χ4v) is 2.69. The summed E-state index contributed by atoms with van der Waals surface area (Å²) in [6.45, 7) is 3.79. The smallest absolute Gasteiger partial charge is 0.323 e. The van der Waals surface area contributed by atoms with Gasteiger partial charge in [0, 0.05) is 13.2 Å². The first kappa shape index (κ1) is 14.5. The van der Waals surface area contributed by atoms with Crippen LogP contribution in [0.25, 0.3) is 0 Å². The van der Waals surface area contributed by atoms with Crippen LogP contribution in [0.2, 0.25) is 0 Å². The summed E-state index contributed by atoms with van der Waals surface area (Å²) in [6.07, 6.45) is 6.02. The first-order valence-corrected chi connectivity index (χ1v) is 6.57. The molecule has 0 aromatic carbocycles. The SMILES string of the molecule is CCCC(C)(NC1CCCCC1OC)C(=O)O. The molecule has 0 aromatic rings. The maximum atomic E-state index is 11.4.